The number of aromatic amines is 1. The fourth-order valence-electron chi connectivity index (χ4n) is 3.49. The predicted octanol–water partition coefficient (Wildman–Crippen LogP) is 2.08. The highest BCUT2D eigenvalue weighted by Crippen LogP contribution is 2.29. The molecule has 9 nitrogen and oxygen atoms in total. The van der Waals surface area contributed by atoms with E-state index in [0.717, 1.165) is 12.3 Å². The van der Waals surface area contributed by atoms with Crippen molar-refractivity contribution in [3.05, 3.63) is 46.7 Å². The minimum atomic E-state index is -4.43. The van der Waals surface area contributed by atoms with Gasteiger partial charge < -0.3 is 19.5 Å². The summed E-state index contributed by atoms with van der Waals surface area (Å²) in [5.74, 6) is -0.300. The molecule has 0 bridgehead atoms. The van der Waals surface area contributed by atoms with Crippen molar-refractivity contribution < 1.29 is 22.4 Å². The molecule has 1 amide bonds. The molecule has 0 aromatic carbocycles. The molecule has 1 fully saturated rings. The molecular formula is C19H19F3N6O3. The average molecular weight is 436 g/mol. The highest BCUT2D eigenvalue weighted by Gasteiger charge is 2.32. The summed E-state index contributed by atoms with van der Waals surface area (Å²) >= 11 is 0. The molecule has 0 saturated carbocycles. The minimum Gasteiger partial charge on any atom is -0.406 e. The third-order valence-electron chi connectivity index (χ3n) is 5.07. The number of rotatable bonds is 4. The maximum Gasteiger partial charge on any atom is 0.418 e. The summed E-state index contributed by atoms with van der Waals surface area (Å²) in [6.07, 6.45) is -2.12. The molecule has 2 N–H and O–H groups in total. The number of anilines is 2. The van der Waals surface area contributed by atoms with Crippen molar-refractivity contribution in [2.45, 2.75) is 19.1 Å². The number of amides is 1. The molecule has 31 heavy (non-hydrogen) atoms. The molecule has 4 rings (SSSR count). The number of carbonyl (C=O) groups is 1. The van der Waals surface area contributed by atoms with E-state index >= 15 is 0 Å². The lowest BCUT2D eigenvalue weighted by molar-refractivity contribution is -0.138. The number of hydrogen-bond donors (Lipinski definition) is 2. The van der Waals surface area contributed by atoms with E-state index in [1.54, 1.807) is 11.0 Å². The van der Waals surface area contributed by atoms with E-state index < -0.39 is 17.5 Å². The number of halogens is 3. The van der Waals surface area contributed by atoms with Gasteiger partial charge in [-0.3, -0.25) is 9.78 Å². The number of alkyl halides is 3. The van der Waals surface area contributed by atoms with E-state index in [2.05, 4.69) is 20.3 Å². The van der Waals surface area contributed by atoms with Crippen LogP contribution in [0.1, 0.15) is 12.5 Å². The van der Waals surface area contributed by atoms with E-state index in [-0.39, 0.29) is 24.1 Å². The van der Waals surface area contributed by atoms with Crippen molar-refractivity contribution in [1.82, 2.24) is 19.9 Å². The van der Waals surface area contributed by atoms with Crippen LogP contribution < -0.4 is 16.0 Å². The van der Waals surface area contributed by atoms with Crippen molar-refractivity contribution in [2.24, 2.45) is 0 Å². The summed E-state index contributed by atoms with van der Waals surface area (Å²) in [5.41, 5.74) is 0.344. The van der Waals surface area contributed by atoms with Crippen LogP contribution in [0.25, 0.3) is 11.2 Å². The number of nitrogens with one attached hydrogen (secondary N) is 2. The second-order valence-electron chi connectivity index (χ2n) is 7.22. The molecule has 3 aromatic rings. The number of pyridine rings is 2. The molecule has 12 heteroatoms. The third kappa shape index (κ3) is 4.47. The van der Waals surface area contributed by atoms with Crippen molar-refractivity contribution in [2.75, 3.05) is 36.4 Å². The van der Waals surface area contributed by atoms with E-state index in [4.69, 9.17) is 4.42 Å². The molecule has 3 aromatic heterocycles. The molecular weight excluding hydrogens is 417 g/mol. The lowest BCUT2D eigenvalue weighted by Gasteiger charge is -2.40. The lowest BCUT2D eigenvalue weighted by Crippen LogP contribution is -2.55. The zero-order valence-electron chi connectivity index (χ0n) is 16.4. The van der Waals surface area contributed by atoms with Gasteiger partial charge in [0.05, 0.1) is 24.0 Å². The van der Waals surface area contributed by atoms with Gasteiger partial charge in [-0.05, 0) is 19.1 Å². The molecule has 0 aliphatic carbocycles. The maximum absolute atomic E-state index is 12.7. The van der Waals surface area contributed by atoms with Gasteiger partial charge in [0.15, 0.2) is 11.2 Å². The molecule has 0 unspecified atom stereocenters. The molecule has 1 aliphatic heterocycles. The summed E-state index contributed by atoms with van der Waals surface area (Å²) in [6.45, 7) is 3.21. The van der Waals surface area contributed by atoms with Gasteiger partial charge in [-0.2, -0.15) is 13.2 Å². The molecule has 4 heterocycles. The number of piperazine rings is 1. The van der Waals surface area contributed by atoms with Crippen molar-refractivity contribution in [3.63, 3.8) is 0 Å². The van der Waals surface area contributed by atoms with Crippen LogP contribution in [0.2, 0.25) is 0 Å². The fraction of sp³-hybridized carbons (Fsp3) is 0.368. The van der Waals surface area contributed by atoms with Crippen LogP contribution >= 0.6 is 0 Å². The van der Waals surface area contributed by atoms with E-state index in [0.29, 0.717) is 36.8 Å². The number of oxazole rings is 1. The number of carbonyl (C=O) groups excluding carboxylic acids is 1. The summed E-state index contributed by atoms with van der Waals surface area (Å²) in [6, 6.07) is 3.77. The van der Waals surface area contributed by atoms with Gasteiger partial charge in [-0.15, -0.1) is 0 Å². The van der Waals surface area contributed by atoms with E-state index in [1.807, 2.05) is 11.8 Å². The third-order valence-corrected chi connectivity index (χ3v) is 5.07. The number of H-pyrrole nitrogens is 1. The van der Waals surface area contributed by atoms with Crippen LogP contribution in [-0.2, 0) is 11.0 Å². The second kappa shape index (κ2) is 7.93. The van der Waals surface area contributed by atoms with Gasteiger partial charge in [-0.25, -0.2) is 14.8 Å². The molecule has 164 valence electrons. The zero-order chi connectivity index (χ0) is 22.2. The summed E-state index contributed by atoms with van der Waals surface area (Å²) in [7, 11) is 0. The quantitative estimate of drug-likeness (QED) is 0.645. The predicted molar refractivity (Wildman–Crippen MR) is 106 cm³/mol. The number of nitrogens with zero attached hydrogens (tertiary/aromatic N) is 4. The van der Waals surface area contributed by atoms with Gasteiger partial charge in [0.2, 0.25) is 5.91 Å². The van der Waals surface area contributed by atoms with Gasteiger partial charge in [0.1, 0.15) is 5.82 Å². The Labute approximate surface area is 173 Å². The van der Waals surface area contributed by atoms with Gasteiger partial charge in [0.25, 0.3) is 0 Å². The van der Waals surface area contributed by atoms with Gasteiger partial charge in [0, 0.05) is 37.9 Å². The first kappa shape index (κ1) is 20.7. The van der Waals surface area contributed by atoms with Crippen LogP contribution in [0.4, 0.5) is 24.7 Å². The maximum atomic E-state index is 12.7. The Bertz CT molecular complexity index is 1140. The average Bonchev–Trinajstić information content (AvgIpc) is 3.10. The van der Waals surface area contributed by atoms with Crippen LogP contribution in [-0.4, -0.2) is 58.0 Å². The SMILES string of the molecule is C[C@@H]1CN(c2ccc(C(F)(F)F)cn2)CCN1C(=O)CNc1cnc2[nH]c(=O)oc2c1. The number of aromatic nitrogens is 3. The highest BCUT2D eigenvalue weighted by atomic mass is 19.4. The van der Waals surface area contributed by atoms with Crippen LogP contribution in [0, 0.1) is 0 Å². The Balaban J connectivity index is 1.34. The van der Waals surface area contributed by atoms with Gasteiger partial charge >= 0.3 is 11.9 Å². The Morgan fingerprint density at radius 2 is 2.10 bits per heavy atom. The first-order valence-electron chi connectivity index (χ1n) is 9.51. The number of fused-ring (bicyclic) bond motifs is 1. The first-order valence-corrected chi connectivity index (χ1v) is 9.51. The van der Waals surface area contributed by atoms with Crippen molar-refractivity contribution in [1.29, 1.82) is 0 Å². The molecule has 1 aliphatic rings. The summed E-state index contributed by atoms with van der Waals surface area (Å²) in [5, 5.41) is 2.96. The van der Waals surface area contributed by atoms with Crippen LogP contribution in [0.15, 0.2) is 39.8 Å². The van der Waals surface area contributed by atoms with Crippen LogP contribution in [0.5, 0.6) is 0 Å². The monoisotopic (exact) mass is 436 g/mol. The summed E-state index contributed by atoms with van der Waals surface area (Å²) < 4.78 is 43.1. The topological polar surface area (TPSA) is 107 Å². The zero-order valence-corrected chi connectivity index (χ0v) is 16.4. The highest BCUT2D eigenvalue weighted by molar-refractivity contribution is 5.82. The Morgan fingerprint density at radius 3 is 2.77 bits per heavy atom. The van der Waals surface area contributed by atoms with Gasteiger partial charge in [-0.1, -0.05) is 0 Å². The molecule has 1 saturated heterocycles. The van der Waals surface area contributed by atoms with Crippen molar-refractivity contribution in [3.8, 4) is 0 Å². The standard InChI is InChI=1S/C19H19F3N6O3/c1-11-10-27(15-3-2-12(7-24-15)19(20,21)22)4-5-28(11)16(29)9-23-13-6-14-17(25-8-13)26-18(30)31-14/h2-3,6-8,11,23H,4-5,9-10H2,1H3,(H,25,26,30)/t11-/m1/s1. The molecule has 0 spiro atoms. The Kier molecular flexibility index (Phi) is 5.29. The fourth-order valence-corrected chi connectivity index (χ4v) is 3.49. The van der Waals surface area contributed by atoms with E-state index in [9.17, 15) is 22.8 Å². The lowest BCUT2D eigenvalue weighted by atomic mass is 10.1. The Morgan fingerprint density at radius 1 is 1.29 bits per heavy atom. The van der Waals surface area contributed by atoms with Crippen LogP contribution in [0.3, 0.4) is 0 Å². The first-order chi connectivity index (χ1) is 14.7. The molecule has 0 radical (unpaired) electrons. The van der Waals surface area contributed by atoms with Crippen molar-refractivity contribution >= 4 is 28.6 Å². The van der Waals surface area contributed by atoms with E-state index in [1.165, 1.54) is 12.3 Å². The summed E-state index contributed by atoms with van der Waals surface area (Å²) in [4.78, 5) is 37.8. The Hall–Kier alpha value is -3.57. The molecule has 1 atom stereocenters. The normalized spacial score (nSPS) is 17.2. The second-order valence-corrected chi connectivity index (χ2v) is 7.22. The number of hydrogen-bond acceptors (Lipinski definition) is 7. The minimum absolute atomic E-state index is 0.0186. The largest absolute Gasteiger partial charge is 0.418 e. The smallest absolute Gasteiger partial charge is 0.406 e.